The van der Waals surface area contributed by atoms with Crippen LogP contribution in [0.1, 0.15) is 43.7 Å². The van der Waals surface area contributed by atoms with Gasteiger partial charge in [-0.05, 0) is 43.4 Å². The van der Waals surface area contributed by atoms with E-state index in [1.807, 2.05) is 23.6 Å². The Bertz CT molecular complexity index is 1130. The second-order valence-electron chi connectivity index (χ2n) is 7.65. The van der Waals surface area contributed by atoms with Gasteiger partial charge in [0.1, 0.15) is 12.7 Å². The average molecular weight is 428 g/mol. The molecular weight excluding hydrogens is 402 g/mol. The summed E-state index contributed by atoms with van der Waals surface area (Å²) in [6.07, 6.45) is 6.97. The summed E-state index contributed by atoms with van der Waals surface area (Å²) in [5.41, 5.74) is 0.595. The lowest BCUT2D eigenvalue weighted by Gasteiger charge is -2.43. The first-order valence-corrected chi connectivity index (χ1v) is 11.6. The van der Waals surface area contributed by atoms with Crippen molar-refractivity contribution >= 4 is 10.0 Å². The fraction of sp³-hybridized carbons (Fsp3) is 0.381. The van der Waals surface area contributed by atoms with Crippen LogP contribution in [0.25, 0.3) is 0 Å². The lowest BCUT2D eigenvalue weighted by molar-refractivity contribution is 0.163. The number of benzene rings is 1. The number of nitrogens with zero attached hydrogens (tertiary/aromatic N) is 3. The number of rotatable bonds is 6. The van der Waals surface area contributed by atoms with Gasteiger partial charge in [0.15, 0.2) is 0 Å². The highest BCUT2D eigenvalue weighted by Gasteiger charge is 2.42. The number of aromatic amines is 1. The molecule has 0 amide bonds. The van der Waals surface area contributed by atoms with Crippen LogP contribution in [0.3, 0.4) is 0 Å². The van der Waals surface area contributed by atoms with Crippen molar-refractivity contribution in [2.24, 2.45) is 5.92 Å². The summed E-state index contributed by atoms with van der Waals surface area (Å²) in [4.78, 5) is 15.5. The maximum atomic E-state index is 13.0. The summed E-state index contributed by atoms with van der Waals surface area (Å²) in [7, 11) is -3.64. The Kier molecular flexibility index (Phi) is 5.83. The number of nitrogens with one attached hydrogen (secondary N) is 2. The second-order valence-corrected chi connectivity index (χ2v) is 9.37. The van der Waals surface area contributed by atoms with Crippen molar-refractivity contribution < 1.29 is 8.42 Å². The molecule has 1 fully saturated rings. The van der Waals surface area contributed by atoms with Gasteiger partial charge >= 0.3 is 0 Å². The van der Waals surface area contributed by atoms with Crippen molar-refractivity contribution in [3.05, 3.63) is 77.2 Å². The summed E-state index contributed by atoms with van der Waals surface area (Å²) in [5, 5.41) is 7.90. The molecule has 2 aromatic heterocycles. The SMILES string of the molecule is CCC1[C@H](n2cnnc2)C(c2ccc[nH]c2=O)CC[C@@H]1NS(=O)(=O)c1ccccc1. The van der Waals surface area contributed by atoms with E-state index in [4.69, 9.17) is 0 Å². The van der Waals surface area contributed by atoms with E-state index in [2.05, 4.69) is 19.9 Å². The Morgan fingerprint density at radius 1 is 1.10 bits per heavy atom. The first kappa shape index (κ1) is 20.5. The van der Waals surface area contributed by atoms with E-state index in [-0.39, 0.29) is 34.4 Å². The molecule has 2 heterocycles. The third-order valence-corrected chi connectivity index (χ3v) is 7.52. The van der Waals surface area contributed by atoms with Gasteiger partial charge in [-0.1, -0.05) is 31.2 Å². The molecule has 158 valence electrons. The van der Waals surface area contributed by atoms with E-state index < -0.39 is 10.0 Å². The minimum atomic E-state index is -3.64. The number of H-pyrrole nitrogens is 1. The molecule has 1 aromatic carbocycles. The maximum Gasteiger partial charge on any atom is 0.251 e. The Hall–Kier alpha value is -2.78. The molecule has 2 N–H and O–H groups in total. The predicted molar refractivity (Wildman–Crippen MR) is 112 cm³/mol. The van der Waals surface area contributed by atoms with Crippen LogP contribution in [0.15, 0.2) is 71.0 Å². The van der Waals surface area contributed by atoms with E-state index in [1.54, 1.807) is 49.2 Å². The Labute approximate surface area is 175 Å². The highest BCUT2D eigenvalue weighted by molar-refractivity contribution is 7.89. The van der Waals surface area contributed by atoms with E-state index in [1.165, 1.54) is 0 Å². The van der Waals surface area contributed by atoms with Gasteiger partial charge in [-0.25, -0.2) is 13.1 Å². The lowest BCUT2D eigenvalue weighted by Crippen LogP contribution is -2.48. The highest BCUT2D eigenvalue weighted by Crippen LogP contribution is 2.45. The van der Waals surface area contributed by atoms with Crippen molar-refractivity contribution in [1.82, 2.24) is 24.5 Å². The Balaban J connectivity index is 1.70. The summed E-state index contributed by atoms with van der Waals surface area (Å²) >= 11 is 0. The monoisotopic (exact) mass is 427 g/mol. The average Bonchev–Trinajstić information content (AvgIpc) is 3.29. The van der Waals surface area contributed by atoms with Crippen LogP contribution in [-0.2, 0) is 10.0 Å². The third-order valence-electron chi connectivity index (χ3n) is 6.02. The first-order valence-electron chi connectivity index (χ1n) is 10.1. The van der Waals surface area contributed by atoms with Gasteiger partial charge in [0.05, 0.1) is 4.90 Å². The van der Waals surface area contributed by atoms with Crippen molar-refractivity contribution in [1.29, 1.82) is 0 Å². The summed E-state index contributed by atoms with van der Waals surface area (Å²) in [6, 6.07) is 11.7. The van der Waals surface area contributed by atoms with Gasteiger partial charge in [-0.15, -0.1) is 10.2 Å². The van der Waals surface area contributed by atoms with Crippen LogP contribution >= 0.6 is 0 Å². The highest BCUT2D eigenvalue weighted by atomic mass is 32.2. The minimum Gasteiger partial charge on any atom is -0.329 e. The molecule has 1 saturated carbocycles. The molecule has 9 heteroatoms. The van der Waals surface area contributed by atoms with Gasteiger partial charge in [-0.2, -0.15) is 0 Å². The van der Waals surface area contributed by atoms with Crippen LogP contribution < -0.4 is 10.3 Å². The summed E-state index contributed by atoms with van der Waals surface area (Å²) in [6.45, 7) is 2.05. The number of hydrogen-bond acceptors (Lipinski definition) is 5. The van der Waals surface area contributed by atoms with Gasteiger partial charge in [-0.3, -0.25) is 4.79 Å². The van der Waals surface area contributed by atoms with Gasteiger partial charge in [0.2, 0.25) is 10.0 Å². The molecule has 8 nitrogen and oxygen atoms in total. The number of aromatic nitrogens is 4. The van der Waals surface area contributed by atoms with Gasteiger partial charge in [0, 0.05) is 29.8 Å². The molecule has 30 heavy (non-hydrogen) atoms. The molecule has 4 rings (SSSR count). The van der Waals surface area contributed by atoms with Crippen LogP contribution in [0.5, 0.6) is 0 Å². The quantitative estimate of drug-likeness (QED) is 0.628. The van der Waals surface area contributed by atoms with Gasteiger partial charge < -0.3 is 9.55 Å². The molecule has 0 saturated heterocycles. The van der Waals surface area contributed by atoms with E-state index >= 15 is 0 Å². The number of hydrogen-bond donors (Lipinski definition) is 2. The smallest absolute Gasteiger partial charge is 0.251 e. The van der Waals surface area contributed by atoms with Crippen molar-refractivity contribution in [2.75, 3.05) is 0 Å². The van der Waals surface area contributed by atoms with E-state index in [0.717, 1.165) is 6.42 Å². The molecule has 0 aliphatic heterocycles. The molecule has 0 radical (unpaired) electrons. The molecule has 2 unspecified atom stereocenters. The van der Waals surface area contributed by atoms with Crippen molar-refractivity contribution in [2.45, 2.75) is 49.1 Å². The second kappa shape index (κ2) is 8.53. The number of sulfonamides is 1. The topological polar surface area (TPSA) is 110 Å². The molecule has 4 atom stereocenters. The van der Waals surface area contributed by atoms with Crippen LogP contribution in [0.2, 0.25) is 0 Å². The minimum absolute atomic E-state index is 0.0298. The van der Waals surface area contributed by atoms with Crippen molar-refractivity contribution in [3.63, 3.8) is 0 Å². The molecule has 1 aliphatic rings. The van der Waals surface area contributed by atoms with Crippen LogP contribution in [-0.4, -0.2) is 34.2 Å². The molecule has 0 spiro atoms. The third kappa shape index (κ3) is 3.95. The summed E-state index contributed by atoms with van der Waals surface area (Å²) in [5.74, 6) is -0.0915. The Morgan fingerprint density at radius 2 is 1.83 bits per heavy atom. The molecule has 1 aliphatic carbocycles. The maximum absolute atomic E-state index is 13.0. The summed E-state index contributed by atoms with van der Waals surface area (Å²) < 4.78 is 30.8. The normalized spacial score (nSPS) is 24.6. The zero-order chi connectivity index (χ0) is 21.1. The van der Waals surface area contributed by atoms with E-state index in [9.17, 15) is 13.2 Å². The number of pyridine rings is 1. The molecule has 0 bridgehead atoms. The molecular formula is C21H25N5O3S. The standard InChI is InChI=1S/C21H25N5O3S/c1-2-16-19(25-30(28,29)15-7-4-3-5-8-15)11-10-17(18-9-6-12-22-21(18)27)20(16)26-13-23-24-14-26/h3-9,12-14,16-17,19-20,25H,2,10-11H2,1H3,(H,22,27)/t16?,17?,19-,20-/m0/s1. The van der Waals surface area contributed by atoms with Crippen LogP contribution in [0, 0.1) is 5.92 Å². The fourth-order valence-corrected chi connectivity index (χ4v) is 6.02. The molecule has 3 aromatic rings. The predicted octanol–water partition coefficient (Wildman–Crippen LogP) is 2.46. The fourth-order valence-electron chi connectivity index (χ4n) is 4.68. The zero-order valence-corrected chi connectivity index (χ0v) is 17.5. The van der Waals surface area contributed by atoms with Crippen molar-refractivity contribution in [3.8, 4) is 0 Å². The zero-order valence-electron chi connectivity index (χ0n) is 16.7. The largest absolute Gasteiger partial charge is 0.329 e. The lowest BCUT2D eigenvalue weighted by atomic mass is 9.70. The van der Waals surface area contributed by atoms with E-state index in [0.29, 0.717) is 18.4 Å². The van der Waals surface area contributed by atoms with Crippen LogP contribution in [0.4, 0.5) is 0 Å². The van der Waals surface area contributed by atoms with Gasteiger partial charge in [0.25, 0.3) is 5.56 Å². The first-order chi connectivity index (χ1) is 14.5. The Morgan fingerprint density at radius 3 is 2.50 bits per heavy atom.